The number of anilines is 2. The molecule has 160 valence electrons. The molecular weight excluding hydrogens is 399 g/mol. The first kappa shape index (κ1) is 21.6. The van der Waals surface area contributed by atoms with Gasteiger partial charge in [0, 0.05) is 17.9 Å². The molecule has 2 aromatic carbocycles. The molecule has 1 aliphatic rings. The van der Waals surface area contributed by atoms with Crippen LogP contribution in [-0.4, -0.2) is 47.6 Å². The molecule has 0 bridgehead atoms. The van der Waals surface area contributed by atoms with Crippen LogP contribution in [0.1, 0.15) is 28.8 Å². The van der Waals surface area contributed by atoms with Gasteiger partial charge in [-0.1, -0.05) is 12.1 Å². The number of alkyl halides is 3. The number of amides is 2. The first-order chi connectivity index (χ1) is 14.3. The van der Waals surface area contributed by atoms with Gasteiger partial charge in [0.1, 0.15) is 0 Å². The fourth-order valence-electron chi connectivity index (χ4n) is 3.39. The van der Waals surface area contributed by atoms with Crippen LogP contribution in [0, 0.1) is 0 Å². The molecule has 0 aliphatic carbocycles. The van der Waals surface area contributed by atoms with Gasteiger partial charge in [-0.25, -0.2) is 0 Å². The predicted molar refractivity (Wildman–Crippen MR) is 106 cm³/mol. The third kappa shape index (κ3) is 5.10. The normalized spacial score (nSPS) is 16.4. The quantitative estimate of drug-likeness (QED) is 0.668. The van der Waals surface area contributed by atoms with E-state index in [-0.39, 0.29) is 30.8 Å². The number of aliphatic hydroxyl groups is 1. The number of aliphatic hydroxyl groups excluding tert-OH is 1. The molecule has 6 nitrogen and oxygen atoms in total. The number of rotatable bonds is 6. The van der Waals surface area contributed by atoms with Crippen molar-refractivity contribution in [2.24, 2.45) is 0 Å². The molecule has 2 amide bonds. The van der Waals surface area contributed by atoms with Crippen molar-refractivity contribution >= 4 is 23.2 Å². The Morgan fingerprint density at radius 2 is 1.80 bits per heavy atom. The lowest BCUT2D eigenvalue weighted by Gasteiger charge is -2.24. The molecule has 3 N–H and O–H groups in total. The van der Waals surface area contributed by atoms with E-state index in [1.165, 1.54) is 12.1 Å². The van der Waals surface area contributed by atoms with Gasteiger partial charge in [0.05, 0.1) is 30.3 Å². The third-order valence-electron chi connectivity index (χ3n) is 4.94. The second-order valence-electron chi connectivity index (χ2n) is 7.00. The highest BCUT2D eigenvalue weighted by molar-refractivity contribution is 6.01. The van der Waals surface area contributed by atoms with Crippen LogP contribution in [0.4, 0.5) is 24.5 Å². The highest BCUT2D eigenvalue weighted by Gasteiger charge is 2.31. The molecule has 1 unspecified atom stereocenters. The van der Waals surface area contributed by atoms with Gasteiger partial charge in [-0.15, -0.1) is 0 Å². The molecule has 30 heavy (non-hydrogen) atoms. The zero-order chi connectivity index (χ0) is 21.7. The molecule has 3 rings (SSSR count). The summed E-state index contributed by atoms with van der Waals surface area (Å²) in [4.78, 5) is 26.7. The van der Waals surface area contributed by atoms with E-state index in [9.17, 15) is 27.9 Å². The Hall–Kier alpha value is -3.07. The lowest BCUT2D eigenvalue weighted by molar-refractivity contribution is -0.137. The smallest absolute Gasteiger partial charge is 0.394 e. The predicted octanol–water partition coefficient (Wildman–Crippen LogP) is 3.35. The van der Waals surface area contributed by atoms with E-state index in [2.05, 4.69) is 10.6 Å². The summed E-state index contributed by atoms with van der Waals surface area (Å²) < 4.78 is 37.8. The number of benzene rings is 2. The Bertz CT molecular complexity index is 900. The van der Waals surface area contributed by atoms with Crippen molar-refractivity contribution in [3.63, 3.8) is 0 Å². The van der Waals surface area contributed by atoms with Crippen LogP contribution in [0.3, 0.4) is 0 Å². The summed E-state index contributed by atoms with van der Waals surface area (Å²) >= 11 is 0. The number of para-hydroxylation sites is 1. The summed E-state index contributed by atoms with van der Waals surface area (Å²) in [5.74, 6) is -0.691. The number of hydrogen-bond acceptors (Lipinski definition) is 4. The van der Waals surface area contributed by atoms with Crippen molar-refractivity contribution in [1.29, 1.82) is 0 Å². The summed E-state index contributed by atoms with van der Waals surface area (Å²) in [6.07, 6.45) is -2.87. The fourth-order valence-corrected chi connectivity index (χ4v) is 3.39. The largest absolute Gasteiger partial charge is 0.416 e. The molecule has 1 heterocycles. The van der Waals surface area contributed by atoms with Crippen LogP contribution in [0.25, 0.3) is 0 Å². The number of halogens is 3. The van der Waals surface area contributed by atoms with Crippen LogP contribution in [0.15, 0.2) is 48.5 Å². The van der Waals surface area contributed by atoms with Gasteiger partial charge in [-0.3, -0.25) is 9.59 Å². The maximum Gasteiger partial charge on any atom is 0.416 e. The molecule has 1 atom stereocenters. The standard InChI is InChI=1S/C21H22F3N3O3/c22-21(23,24)14-7-9-15(10-8-14)26-19(29)12-25-18-6-2-1-5-17(18)20(30)27-11-3-4-16(27)13-28/h1-2,5-10,16,25,28H,3-4,11-13H2,(H,26,29). The van der Waals surface area contributed by atoms with Crippen molar-refractivity contribution in [1.82, 2.24) is 4.90 Å². The second kappa shape index (κ2) is 9.17. The highest BCUT2D eigenvalue weighted by atomic mass is 19.4. The van der Waals surface area contributed by atoms with Crippen molar-refractivity contribution in [3.8, 4) is 0 Å². The van der Waals surface area contributed by atoms with E-state index >= 15 is 0 Å². The van der Waals surface area contributed by atoms with Crippen LogP contribution >= 0.6 is 0 Å². The van der Waals surface area contributed by atoms with E-state index in [0.717, 1.165) is 25.0 Å². The molecule has 1 aliphatic heterocycles. The molecule has 0 aromatic heterocycles. The van der Waals surface area contributed by atoms with Crippen LogP contribution in [-0.2, 0) is 11.0 Å². The van der Waals surface area contributed by atoms with Gasteiger partial charge < -0.3 is 20.6 Å². The van der Waals surface area contributed by atoms with Gasteiger partial charge in [-0.2, -0.15) is 13.2 Å². The van der Waals surface area contributed by atoms with Gasteiger partial charge in [0.2, 0.25) is 5.91 Å². The third-order valence-corrected chi connectivity index (χ3v) is 4.94. The van der Waals surface area contributed by atoms with Gasteiger partial charge in [-0.05, 0) is 49.2 Å². The monoisotopic (exact) mass is 421 g/mol. The summed E-state index contributed by atoms with van der Waals surface area (Å²) in [5, 5.41) is 14.9. The zero-order valence-electron chi connectivity index (χ0n) is 16.1. The second-order valence-corrected chi connectivity index (χ2v) is 7.00. The van der Waals surface area contributed by atoms with Gasteiger partial charge in [0.15, 0.2) is 0 Å². The summed E-state index contributed by atoms with van der Waals surface area (Å²) in [6.45, 7) is 0.290. The average molecular weight is 421 g/mol. The molecule has 1 fully saturated rings. The average Bonchev–Trinajstić information content (AvgIpc) is 3.20. The fraction of sp³-hybridized carbons (Fsp3) is 0.333. The van der Waals surface area contributed by atoms with Crippen LogP contribution in [0.2, 0.25) is 0 Å². The Kier molecular flexibility index (Phi) is 6.61. The maximum atomic E-state index is 12.9. The number of carbonyl (C=O) groups is 2. The lowest BCUT2D eigenvalue weighted by Crippen LogP contribution is -2.38. The number of carbonyl (C=O) groups excluding carboxylic acids is 2. The minimum Gasteiger partial charge on any atom is -0.394 e. The Morgan fingerprint density at radius 3 is 2.47 bits per heavy atom. The first-order valence-corrected chi connectivity index (χ1v) is 9.51. The molecule has 0 spiro atoms. The van der Waals surface area contributed by atoms with Crippen molar-refractivity contribution in [3.05, 3.63) is 59.7 Å². The van der Waals surface area contributed by atoms with Crippen LogP contribution < -0.4 is 10.6 Å². The van der Waals surface area contributed by atoms with Crippen molar-refractivity contribution < 1.29 is 27.9 Å². The zero-order valence-corrected chi connectivity index (χ0v) is 16.1. The highest BCUT2D eigenvalue weighted by Crippen LogP contribution is 2.30. The van der Waals surface area contributed by atoms with Crippen molar-refractivity contribution in [2.45, 2.75) is 25.1 Å². The van der Waals surface area contributed by atoms with E-state index in [1.54, 1.807) is 29.2 Å². The number of hydrogen-bond donors (Lipinski definition) is 3. The summed E-state index contributed by atoms with van der Waals surface area (Å²) in [7, 11) is 0. The topological polar surface area (TPSA) is 81.7 Å². The summed E-state index contributed by atoms with van der Waals surface area (Å²) in [6, 6.07) is 10.7. The molecule has 0 saturated carbocycles. The Balaban J connectivity index is 1.62. The van der Waals surface area contributed by atoms with E-state index < -0.39 is 17.6 Å². The summed E-state index contributed by atoms with van der Waals surface area (Å²) in [5.41, 5.74) is 0.296. The van der Waals surface area contributed by atoms with E-state index in [4.69, 9.17) is 0 Å². The maximum absolute atomic E-state index is 12.9. The molecule has 2 aromatic rings. The Morgan fingerprint density at radius 1 is 1.10 bits per heavy atom. The van der Waals surface area contributed by atoms with E-state index in [0.29, 0.717) is 17.8 Å². The number of nitrogens with zero attached hydrogens (tertiary/aromatic N) is 1. The minimum atomic E-state index is -4.44. The number of likely N-dealkylation sites (tertiary alicyclic amines) is 1. The Labute approximate surface area is 171 Å². The molecule has 1 saturated heterocycles. The minimum absolute atomic E-state index is 0.100. The number of nitrogens with one attached hydrogen (secondary N) is 2. The molecule has 0 radical (unpaired) electrons. The van der Waals surface area contributed by atoms with Crippen molar-refractivity contribution in [2.75, 3.05) is 30.3 Å². The van der Waals surface area contributed by atoms with Crippen LogP contribution in [0.5, 0.6) is 0 Å². The van der Waals surface area contributed by atoms with Gasteiger partial charge in [0.25, 0.3) is 5.91 Å². The molecular formula is C21H22F3N3O3. The van der Waals surface area contributed by atoms with Gasteiger partial charge >= 0.3 is 6.18 Å². The first-order valence-electron chi connectivity index (χ1n) is 9.51. The van der Waals surface area contributed by atoms with E-state index in [1.807, 2.05) is 0 Å². The SMILES string of the molecule is O=C(CNc1ccccc1C(=O)N1CCCC1CO)Nc1ccc(C(F)(F)F)cc1. The molecule has 9 heteroatoms. The lowest BCUT2D eigenvalue weighted by atomic mass is 10.1.